The summed E-state index contributed by atoms with van der Waals surface area (Å²) in [6.07, 6.45) is -0.501. The second kappa shape index (κ2) is 2.50. The van der Waals surface area contributed by atoms with E-state index in [1.165, 1.54) is 0 Å². The highest BCUT2D eigenvalue weighted by Gasteiger charge is 2.29. The first-order chi connectivity index (χ1) is 4.24. The third-order valence-corrected chi connectivity index (χ3v) is 1.32. The van der Waals surface area contributed by atoms with E-state index in [0.717, 1.165) is 0 Å². The highest BCUT2D eigenvalue weighted by molar-refractivity contribution is 6.11. The monoisotopic (exact) mass is 126 g/mol. The average Bonchev–Trinajstić information content (AvgIpc) is 2.10. The molecule has 3 nitrogen and oxygen atoms in total. The molecule has 0 unspecified atom stereocenters. The van der Waals surface area contributed by atoms with Crippen LogP contribution in [0.4, 0.5) is 0 Å². The zero-order valence-corrected chi connectivity index (χ0v) is 4.86. The predicted molar refractivity (Wildman–Crippen MR) is 31.1 cm³/mol. The fourth-order valence-corrected chi connectivity index (χ4v) is 0.843. The Labute approximate surface area is 54.4 Å². The number of aldehydes is 1. The van der Waals surface area contributed by atoms with Gasteiger partial charge in [-0.3, -0.25) is 0 Å². The van der Waals surface area contributed by atoms with Crippen LogP contribution in [0.5, 0.6) is 0 Å². The van der Waals surface area contributed by atoms with Gasteiger partial charge >= 0.3 is 0 Å². The van der Waals surface area contributed by atoms with Crippen LogP contribution in [-0.2, 0) is 9.53 Å². The van der Waals surface area contributed by atoms with Crippen molar-refractivity contribution in [3.05, 3.63) is 0 Å². The Morgan fingerprint density at radius 3 is 2.67 bits per heavy atom. The summed E-state index contributed by atoms with van der Waals surface area (Å²) in [5.74, 6) is 0. The Hall–Kier alpha value is -0.345. The van der Waals surface area contributed by atoms with Crippen LogP contribution in [0.2, 0.25) is 0 Å². The number of hydrogen-bond donors (Lipinski definition) is 1. The quantitative estimate of drug-likeness (QED) is 0.355. The van der Waals surface area contributed by atoms with Crippen LogP contribution in [0.1, 0.15) is 6.42 Å². The molecule has 0 aliphatic carbocycles. The number of aliphatic hydroxyl groups excluding tert-OH is 1. The molecule has 9 heavy (non-hydrogen) atoms. The fourth-order valence-electron chi connectivity index (χ4n) is 0.843. The minimum Gasteiger partial charge on any atom is -0.390 e. The summed E-state index contributed by atoms with van der Waals surface area (Å²) < 4.78 is 4.78. The molecule has 0 aromatic heterocycles. The maximum Gasteiger partial charge on any atom is 0.151 e. The molecule has 1 fully saturated rings. The van der Waals surface area contributed by atoms with E-state index in [9.17, 15) is 4.79 Å². The maximum atomic E-state index is 10.0. The van der Waals surface area contributed by atoms with Gasteiger partial charge in [0.2, 0.25) is 0 Å². The van der Waals surface area contributed by atoms with E-state index in [2.05, 4.69) is 0 Å². The molecular weight excluding hydrogens is 119 g/mol. The van der Waals surface area contributed by atoms with E-state index < -0.39 is 18.2 Å². The van der Waals surface area contributed by atoms with E-state index in [0.29, 0.717) is 12.7 Å². The van der Waals surface area contributed by atoms with Crippen LogP contribution in [0.25, 0.3) is 0 Å². The van der Waals surface area contributed by atoms with Gasteiger partial charge in [0.15, 0.2) is 6.29 Å². The summed E-state index contributed by atoms with van der Waals surface area (Å²) in [7, 11) is 5.25. The van der Waals surface area contributed by atoms with Gasteiger partial charge in [0.1, 0.15) is 14.0 Å². The van der Waals surface area contributed by atoms with E-state index in [1.54, 1.807) is 0 Å². The number of hydrogen-bond acceptors (Lipinski definition) is 3. The Bertz CT molecular complexity index is 117. The van der Waals surface area contributed by atoms with Gasteiger partial charge in [0.25, 0.3) is 0 Å². The van der Waals surface area contributed by atoms with E-state index in [4.69, 9.17) is 17.7 Å². The molecule has 4 heteroatoms. The maximum absolute atomic E-state index is 10.0. The lowest BCUT2D eigenvalue weighted by molar-refractivity contribution is -0.119. The van der Waals surface area contributed by atoms with Crippen LogP contribution in [-0.4, -0.2) is 37.5 Å². The number of carbonyl (C=O) groups is 1. The lowest BCUT2D eigenvalue weighted by Gasteiger charge is -2.03. The minimum absolute atomic E-state index is 0.351. The molecule has 48 valence electrons. The van der Waals surface area contributed by atoms with Crippen LogP contribution >= 0.6 is 0 Å². The Balaban J connectivity index is 2.47. The molecule has 1 rings (SSSR count). The number of ether oxygens (including phenoxy) is 1. The van der Waals surface area contributed by atoms with Gasteiger partial charge in [0, 0.05) is 6.00 Å². The van der Waals surface area contributed by atoms with Gasteiger partial charge in [-0.05, 0) is 6.42 Å². The summed E-state index contributed by atoms with van der Waals surface area (Å²) in [5, 5.41) is 8.92. The van der Waals surface area contributed by atoms with Crippen LogP contribution in [0.15, 0.2) is 0 Å². The van der Waals surface area contributed by atoms with Crippen molar-refractivity contribution in [3.63, 3.8) is 0 Å². The van der Waals surface area contributed by atoms with Crippen molar-refractivity contribution in [2.45, 2.75) is 24.6 Å². The normalized spacial score (nSPS) is 43.0. The molecule has 1 aliphatic heterocycles. The van der Waals surface area contributed by atoms with Crippen LogP contribution < -0.4 is 0 Å². The van der Waals surface area contributed by atoms with Crippen molar-refractivity contribution >= 4 is 14.1 Å². The summed E-state index contributed by atoms with van der Waals surface area (Å²) in [6.45, 7) is 0. The predicted octanol–water partition coefficient (Wildman–Crippen LogP) is -1.17. The zero-order valence-electron chi connectivity index (χ0n) is 4.86. The van der Waals surface area contributed by atoms with Crippen molar-refractivity contribution < 1.29 is 14.6 Å². The SMILES string of the molecule is [B][C@@H]1C[C@H](O)[C@H](C=O)O1. The zero-order chi connectivity index (χ0) is 6.85. The minimum atomic E-state index is -0.711. The molecule has 0 spiro atoms. The third kappa shape index (κ3) is 1.31. The molecule has 0 aromatic rings. The molecule has 1 saturated heterocycles. The van der Waals surface area contributed by atoms with Gasteiger partial charge in [0.05, 0.1) is 6.10 Å². The number of carbonyl (C=O) groups excluding carboxylic acids is 1. The fraction of sp³-hybridized carbons (Fsp3) is 0.800. The summed E-state index contributed by atoms with van der Waals surface area (Å²) in [5.41, 5.74) is 0. The first-order valence-corrected chi connectivity index (χ1v) is 2.78. The molecule has 0 aromatic carbocycles. The molecule has 0 saturated carbocycles. The van der Waals surface area contributed by atoms with E-state index in [1.807, 2.05) is 0 Å². The number of aliphatic hydroxyl groups is 1. The smallest absolute Gasteiger partial charge is 0.151 e. The number of rotatable bonds is 1. The van der Waals surface area contributed by atoms with Crippen molar-refractivity contribution in [2.75, 3.05) is 0 Å². The molecule has 1 N–H and O–H groups in total. The summed E-state index contributed by atoms with van der Waals surface area (Å²) in [4.78, 5) is 10.0. The second-order valence-corrected chi connectivity index (χ2v) is 2.08. The molecule has 2 radical (unpaired) electrons. The first-order valence-electron chi connectivity index (χ1n) is 2.78. The van der Waals surface area contributed by atoms with Crippen molar-refractivity contribution in [1.29, 1.82) is 0 Å². The second-order valence-electron chi connectivity index (χ2n) is 2.08. The average molecular weight is 126 g/mol. The largest absolute Gasteiger partial charge is 0.390 e. The van der Waals surface area contributed by atoms with E-state index in [-0.39, 0.29) is 0 Å². The highest BCUT2D eigenvalue weighted by atomic mass is 16.5. The molecule has 1 heterocycles. The highest BCUT2D eigenvalue weighted by Crippen LogP contribution is 2.15. The van der Waals surface area contributed by atoms with Gasteiger partial charge in [-0.2, -0.15) is 0 Å². The topological polar surface area (TPSA) is 46.5 Å². The van der Waals surface area contributed by atoms with Gasteiger partial charge in [-0.25, -0.2) is 0 Å². The van der Waals surface area contributed by atoms with Gasteiger partial charge in [-0.15, -0.1) is 0 Å². The van der Waals surface area contributed by atoms with Crippen LogP contribution in [0.3, 0.4) is 0 Å². The van der Waals surface area contributed by atoms with Crippen molar-refractivity contribution in [1.82, 2.24) is 0 Å². The van der Waals surface area contributed by atoms with Gasteiger partial charge in [-0.1, -0.05) is 0 Å². The van der Waals surface area contributed by atoms with Crippen molar-refractivity contribution in [3.8, 4) is 0 Å². The van der Waals surface area contributed by atoms with Crippen molar-refractivity contribution in [2.24, 2.45) is 0 Å². The Kier molecular flexibility index (Phi) is 1.88. The first kappa shape index (κ1) is 6.77. The van der Waals surface area contributed by atoms with Gasteiger partial charge < -0.3 is 14.6 Å². The lowest BCUT2D eigenvalue weighted by Crippen LogP contribution is -2.21. The summed E-state index contributed by atoms with van der Waals surface area (Å²) >= 11 is 0. The molecule has 1 aliphatic rings. The Morgan fingerprint density at radius 2 is 2.44 bits per heavy atom. The molecular formula is C5H7BO3. The third-order valence-electron chi connectivity index (χ3n) is 1.32. The molecule has 0 bridgehead atoms. The van der Waals surface area contributed by atoms with E-state index >= 15 is 0 Å². The lowest BCUT2D eigenvalue weighted by atomic mass is 9.96. The standard InChI is InChI=1S/C5H7BO3/c6-5-1-3(8)4(2-7)9-5/h2-5,8H,1H2/t3-,4-,5-/m0/s1. The summed E-state index contributed by atoms with van der Waals surface area (Å²) in [6, 6.07) is -0.477. The molecule has 3 atom stereocenters. The van der Waals surface area contributed by atoms with Crippen LogP contribution in [0, 0.1) is 0 Å². The Morgan fingerprint density at radius 1 is 1.78 bits per heavy atom. The molecule has 0 amide bonds.